The van der Waals surface area contributed by atoms with Crippen molar-refractivity contribution in [3.63, 3.8) is 0 Å². The van der Waals surface area contributed by atoms with Crippen LogP contribution in [0.3, 0.4) is 0 Å². The molecule has 0 bridgehead atoms. The van der Waals surface area contributed by atoms with Crippen molar-refractivity contribution in [2.24, 2.45) is 0 Å². The molecule has 6 heteroatoms. The number of fused-ring (bicyclic) bond motifs is 4. The molecule has 8 rings (SSSR count). The first kappa shape index (κ1) is 32.0. The number of pyridine rings is 2. The summed E-state index contributed by atoms with van der Waals surface area (Å²) in [4.78, 5) is 25.0. The molecule has 0 spiro atoms. The molecular weight excluding hydrogens is 625 g/mol. The van der Waals surface area contributed by atoms with Crippen LogP contribution in [0.4, 0.5) is 5.69 Å². The van der Waals surface area contributed by atoms with Gasteiger partial charge in [-0.05, 0) is 61.6 Å². The van der Waals surface area contributed by atoms with Gasteiger partial charge in [-0.25, -0.2) is 15.0 Å². The molecule has 3 aromatic heterocycles. The molecule has 7 aromatic rings. The highest BCUT2D eigenvalue weighted by Crippen LogP contribution is 2.36. The van der Waals surface area contributed by atoms with Crippen LogP contribution in [0, 0.1) is 13.8 Å². The minimum atomic E-state index is 0.576. The van der Waals surface area contributed by atoms with Crippen molar-refractivity contribution in [1.82, 2.24) is 24.9 Å². The lowest BCUT2D eigenvalue weighted by Crippen LogP contribution is -2.12. The van der Waals surface area contributed by atoms with Gasteiger partial charge in [-0.15, -0.1) is 0 Å². The second kappa shape index (κ2) is 13.9. The van der Waals surface area contributed by atoms with Gasteiger partial charge in [-0.1, -0.05) is 116 Å². The zero-order chi connectivity index (χ0) is 34.7. The number of nitrogens with one attached hydrogen (secondary N) is 1. The van der Waals surface area contributed by atoms with Gasteiger partial charge >= 0.3 is 0 Å². The molecule has 51 heavy (non-hydrogen) atoms. The standard InChI is InChI=1S/C45H38N6/c1-4-12-33(16-9-20-37-27-29(2)38-25-24-32-23-22-30(3)47-41(32)42(38)48-37)43-49-44(34-13-6-5-7-14-34)51-45(50-43)36-18-8-17-35(28-36)39-21-10-15-31-19-11-26-46-40(31)39/h4-10,12-18,21-25,27-28,46H,1,11,19-20,26H2,2-3H3/b16-9-,33-12+. The normalized spacial score (nSPS) is 13.0. The van der Waals surface area contributed by atoms with Crippen molar-refractivity contribution >= 4 is 33.1 Å². The van der Waals surface area contributed by atoms with Gasteiger partial charge in [0.2, 0.25) is 0 Å². The summed E-state index contributed by atoms with van der Waals surface area (Å²) >= 11 is 0. The van der Waals surface area contributed by atoms with Crippen LogP contribution in [-0.4, -0.2) is 31.5 Å². The average Bonchev–Trinajstić information content (AvgIpc) is 3.17. The van der Waals surface area contributed by atoms with E-state index < -0.39 is 0 Å². The van der Waals surface area contributed by atoms with Crippen molar-refractivity contribution in [3.8, 4) is 33.9 Å². The molecule has 4 aromatic carbocycles. The molecule has 248 valence electrons. The molecule has 1 aliphatic heterocycles. The van der Waals surface area contributed by atoms with Gasteiger partial charge in [0.05, 0.1) is 11.0 Å². The maximum absolute atomic E-state index is 5.09. The van der Waals surface area contributed by atoms with Gasteiger partial charge in [0.15, 0.2) is 17.5 Å². The van der Waals surface area contributed by atoms with E-state index in [2.05, 4.69) is 97.7 Å². The van der Waals surface area contributed by atoms with Gasteiger partial charge in [0.1, 0.15) is 0 Å². The summed E-state index contributed by atoms with van der Waals surface area (Å²) in [5.74, 6) is 1.81. The molecule has 0 aliphatic carbocycles. The number of nitrogens with zero attached hydrogens (tertiary/aromatic N) is 5. The Morgan fingerprint density at radius 2 is 1.53 bits per heavy atom. The molecule has 1 aliphatic rings. The van der Waals surface area contributed by atoms with Crippen LogP contribution in [0.25, 0.3) is 61.3 Å². The summed E-state index contributed by atoms with van der Waals surface area (Å²) in [5.41, 5.74) is 12.6. The van der Waals surface area contributed by atoms with E-state index in [0.29, 0.717) is 23.9 Å². The number of allylic oxidation sites excluding steroid dienone is 5. The molecule has 0 amide bonds. The summed E-state index contributed by atoms with van der Waals surface area (Å²) in [6.45, 7) is 9.15. The molecule has 1 N–H and O–H groups in total. The molecule has 6 nitrogen and oxygen atoms in total. The Morgan fingerprint density at radius 1 is 0.745 bits per heavy atom. The van der Waals surface area contributed by atoms with Crippen LogP contribution in [-0.2, 0) is 12.8 Å². The zero-order valence-corrected chi connectivity index (χ0v) is 28.9. The Morgan fingerprint density at radius 3 is 2.39 bits per heavy atom. The molecule has 0 atom stereocenters. The molecular formula is C45H38N6. The monoisotopic (exact) mass is 662 g/mol. The van der Waals surface area contributed by atoms with Crippen LogP contribution < -0.4 is 5.32 Å². The Hall–Kier alpha value is -6.27. The quantitative estimate of drug-likeness (QED) is 0.129. The minimum Gasteiger partial charge on any atom is -0.384 e. The fourth-order valence-corrected chi connectivity index (χ4v) is 6.88. The van der Waals surface area contributed by atoms with Gasteiger partial charge in [-0.2, -0.15) is 0 Å². The van der Waals surface area contributed by atoms with Crippen LogP contribution in [0.5, 0.6) is 0 Å². The number of para-hydroxylation sites is 1. The van der Waals surface area contributed by atoms with Crippen molar-refractivity contribution in [3.05, 3.63) is 162 Å². The van der Waals surface area contributed by atoms with Crippen molar-refractivity contribution in [2.45, 2.75) is 33.1 Å². The number of anilines is 1. The van der Waals surface area contributed by atoms with E-state index in [1.54, 1.807) is 6.08 Å². The van der Waals surface area contributed by atoms with Crippen molar-refractivity contribution in [2.75, 3.05) is 11.9 Å². The lowest BCUT2D eigenvalue weighted by molar-refractivity contribution is 0.831. The Labute approximate surface area is 298 Å². The highest BCUT2D eigenvalue weighted by atomic mass is 15.0. The third-order valence-corrected chi connectivity index (χ3v) is 9.39. The average molecular weight is 663 g/mol. The predicted octanol–water partition coefficient (Wildman–Crippen LogP) is 10.3. The van der Waals surface area contributed by atoms with E-state index in [4.69, 9.17) is 24.9 Å². The van der Waals surface area contributed by atoms with Crippen molar-refractivity contribution in [1.29, 1.82) is 0 Å². The van der Waals surface area contributed by atoms with E-state index in [1.165, 1.54) is 22.4 Å². The molecule has 0 fully saturated rings. The summed E-state index contributed by atoms with van der Waals surface area (Å²) in [6, 6.07) is 35.7. The van der Waals surface area contributed by atoms with Crippen LogP contribution in [0.1, 0.15) is 34.8 Å². The van der Waals surface area contributed by atoms with Crippen LogP contribution in [0.15, 0.2) is 134 Å². The maximum atomic E-state index is 5.09. The first-order chi connectivity index (χ1) is 25.0. The number of hydrogen-bond acceptors (Lipinski definition) is 6. The number of rotatable bonds is 8. The highest BCUT2D eigenvalue weighted by molar-refractivity contribution is 6.04. The van der Waals surface area contributed by atoms with E-state index >= 15 is 0 Å². The second-order valence-corrected chi connectivity index (χ2v) is 13.0. The summed E-state index contributed by atoms with van der Waals surface area (Å²) in [7, 11) is 0. The second-order valence-electron chi connectivity index (χ2n) is 13.0. The number of aromatic nitrogens is 5. The van der Waals surface area contributed by atoms with E-state index in [-0.39, 0.29) is 0 Å². The van der Waals surface area contributed by atoms with Gasteiger partial charge < -0.3 is 5.32 Å². The summed E-state index contributed by atoms with van der Waals surface area (Å²) in [6.07, 6.45) is 10.8. The third kappa shape index (κ3) is 6.56. The van der Waals surface area contributed by atoms with E-state index in [1.807, 2.05) is 49.4 Å². The molecule has 0 saturated heterocycles. The maximum Gasteiger partial charge on any atom is 0.164 e. The smallest absolute Gasteiger partial charge is 0.164 e. The summed E-state index contributed by atoms with van der Waals surface area (Å²) in [5, 5.41) is 5.85. The number of aryl methyl sites for hydroxylation is 3. The van der Waals surface area contributed by atoms with Crippen LogP contribution in [0.2, 0.25) is 0 Å². The van der Waals surface area contributed by atoms with Gasteiger partial charge in [-0.3, -0.25) is 9.97 Å². The fourth-order valence-electron chi connectivity index (χ4n) is 6.88. The Bertz CT molecular complexity index is 2500. The highest BCUT2D eigenvalue weighted by Gasteiger charge is 2.17. The molecule has 0 radical (unpaired) electrons. The van der Waals surface area contributed by atoms with Crippen LogP contribution >= 0.6 is 0 Å². The first-order valence-corrected chi connectivity index (χ1v) is 17.5. The largest absolute Gasteiger partial charge is 0.384 e. The van der Waals surface area contributed by atoms with E-state index in [0.717, 1.165) is 74.8 Å². The van der Waals surface area contributed by atoms with Crippen molar-refractivity contribution < 1.29 is 0 Å². The molecule has 0 saturated carbocycles. The van der Waals surface area contributed by atoms with Gasteiger partial charge in [0.25, 0.3) is 0 Å². The lowest BCUT2D eigenvalue weighted by atomic mass is 9.94. The topological polar surface area (TPSA) is 76.5 Å². The summed E-state index contributed by atoms with van der Waals surface area (Å²) < 4.78 is 0. The third-order valence-electron chi connectivity index (χ3n) is 9.39. The Kier molecular flexibility index (Phi) is 8.73. The Balaban J connectivity index is 1.17. The van der Waals surface area contributed by atoms with Gasteiger partial charge in [0, 0.05) is 63.1 Å². The molecule has 0 unspecified atom stereocenters. The number of benzene rings is 4. The zero-order valence-electron chi connectivity index (χ0n) is 28.9. The minimum absolute atomic E-state index is 0.576. The number of hydrogen-bond donors (Lipinski definition) is 1. The lowest BCUT2D eigenvalue weighted by Gasteiger charge is -2.21. The van der Waals surface area contributed by atoms with E-state index in [9.17, 15) is 0 Å². The predicted molar refractivity (Wildman–Crippen MR) is 210 cm³/mol. The fraction of sp³-hybridized carbons (Fsp3) is 0.133. The SMILES string of the molecule is C=C/C=C(\C=C/Cc1cc(C)c2ccc3ccc(C)nc3c2n1)c1nc(-c2ccccc2)nc(-c2cccc(-c3cccc4c3NCCC4)c2)n1. The first-order valence-electron chi connectivity index (χ1n) is 17.5. The molecule has 4 heterocycles.